The number of thiophene rings is 1. The minimum atomic E-state index is 1.08. The molecule has 0 aliphatic rings. The SMILES string of the molecule is CCCNc1ccc(C)s1. The van der Waals surface area contributed by atoms with Gasteiger partial charge in [0.1, 0.15) is 0 Å². The molecule has 56 valence electrons. The van der Waals surface area contributed by atoms with Gasteiger partial charge in [0, 0.05) is 11.4 Å². The van der Waals surface area contributed by atoms with E-state index in [0.717, 1.165) is 6.54 Å². The number of aryl methyl sites for hydroxylation is 1. The number of hydrogen-bond donors (Lipinski definition) is 1. The molecule has 0 bridgehead atoms. The van der Waals surface area contributed by atoms with E-state index in [0.29, 0.717) is 0 Å². The van der Waals surface area contributed by atoms with Gasteiger partial charge in [0.15, 0.2) is 0 Å². The van der Waals surface area contributed by atoms with E-state index in [4.69, 9.17) is 0 Å². The molecule has 1 aromatic heterocycles. The van der Waals surface area contributed by atoms with Gasteiger partial charge in [0.25, 0.3) is 0 Å². The molecule has 0 saturated carbocycles. The lowest BCUT2D eigenvalue weighted by Crippen LogP contribution is -1.96. The number of nitrogens with one attached hydrogen (secondary N) is 1. The van der Waals surface area contributed by atoms with Gasteiger partial charge in [-0.15, -0.1) is 11.3 Å². The van der Waals surface area contributed by atoms with Gasteiger partial charge in [-0.25, -0.2) is 0 Å². The summed E-state index contributed by atoms with van der Waals surface area (Å²) in [5.74, 6) is 0. The van der Waals surface area contributed by atoms with Crippen molar-refractivity contribution < 1.29 is 0 Å². The summed E-state index contributed by atoms with van der Waals surface area (Å²) in [7, 11) is 0. The fourth-order valence-corrected chi connectivity index (χ4v) is 1.57. The molecule has 0 saturated heterocycles. The average Bonchev–Trinajstić information content (AvgIpc) is 2.31. The van der Waals surface area contributed by atoms with Crippen LogP contribution in [0.4, 0.5) is 5.00 Å². The number of rotatable bonds is 3. The molecule has 0 atom stereocenters. The predicted molar refractivity (Wildman–Crippen MR) is 47.8 cm³/mol. The quantitative estimate of drug-likeness (QED) is 0.707. The van der Waals surface area contributed by atoms with Crippen LogP contribution in [-0.4, -0.2) is 6.54 Å². The number of hydrogen-bond acceptors (Lipinski definition) is 2. The molecule has 2 heteroatoms. The Bertz CT molecular complexity index is 193. The van der Waals surface area contributed by atoms with Crippen molar-refractivity contribution in [2.45, 2.75) is 20.3 Å². The molecule has 1 N–H and O–H groups in total. The van der Waals surface area contributed by atoms with E-state index in [1.54, 1.807) is 0 Å². The molecule has 0 radical (unpaired) electrons. The van der Waals surface area contributed by atoms with Crippen LogP contribution >= 0.6 is 11.3 Å². The van der Waals surface area contributed by atoms with E-state index in [9.17, 15) is 0 Å². The standard InChI is InChI=1S/C8H13NS/c1-3-6-9-8-5-4-7(2)10-8/h4-5,9H,3,6H2,1-2H3. The summed E-state index contributed by atoms with van der Waals surface area (Å²) in [5.41, 5.74) is 0. The zero-order chi connectivity index (χ0) is 7.40. The predicted octanol–water partition coefficient (Wildman–Crippen LogP) is 2.88. The minimum absolute atomic E-state index is 1.08. The highest BCUT2D eigenvalue weighted by Gasteiger charge is 1.92. The highest BCUT2D eigenvalue weighted by atomic mass is 32.1. The fourth-order valence-electron chi connectivity index (χ4n) is 0.778. The molecule has 10 heavy (non-hydrogen) atoms. The Hall–Kier alpha value is -0.500. The van der Waals surface area contributed by atoms with Crippen molar-refractivity contribution in [2.75, 3.05) is 11.9 Å². The summed E-state index contributed by atoms with van der Waals surface area (Å²) < 4.78 is 0. The fraction of sp³-hybridized carbons (Fsp3) is 0.500. The van der Waals surface area contributed by atoms with Gasteiger partial charge in [-0.3, -0.25) is 0 Å². The highest BCUT2D eigenvalue weighted by molar-refractivity contribution is 7.16. The molecule has 0 unspecified atom stereocenters. The Labute approximate surface area is 66.1 Å². The lowest BCUT2D eigenvalue weighted by molar-refractivity contribution is 0.984. The van der Waals surface area contributed by atoms with E-state index in [-0.39, 0.29) is 0 Å². The lowest BCUT2D eigenvalue weighted by Gasteiger charge is -1.97. The molecule has 1 aromatic rings. The van der Waals surface area contributed by atoms with Crippen LogP contribution in [0.2, 0.25) is 0 Å². The summed E-state index contributed by atoms with van der Waals surface area (Å²) in [4.78, 5) is 1.37. The maximum Gasteiger partial charge on any atom is 0.0885 e. The normalized spacial score (nSPS) is 9.80. The molecule has 0 spiro atoms. The van der Waals surface area contributed by atoms with Gasteiger partial charge >= 0.3 is 0 Å². The third kappa shape index (κ3) is 2.03. The summed E-state index contributed by atoms with van der Waals surface area (Å²) in [5, 5.41) is 4.62. The zero-order valence-electron chi connectivity index (χ0n) is 6.48. The van der Waals surface area contributed by atoms with E-state index >= 15 is 0 Å². The van der Waals surface area contributed by atoms with Crippen LogP contribution in [0.5, 0.6) is 0 Å². The van der Waals surface area contributed by atoms with Crippen LogP contribution in [-0.2, 0) is 0 Å². The molecule has 0 aliphatic carbocycles. The van der Waals surface area contributed by atoms with Gasteiger partial charge in [-0.05, 0) is 25.5 Å². The van der Waals surface area contributed by atoms with Gasteiger partial charge in [0.2, 0.25) is 0 Å². The molecule has 1 heterocycles. The second kappa shape index (κ2) is 3.62. The largest absolute Gasteiger partial charge is 0.377 e. The smallest absolute Gasteiger partial charge is 0.0885 e. The second-order valence-electron chi connectivity index (χ2n) is 2.34. The van der Waals surface area contributed by atoms with Crippen molar-refractivity contribution >= 4 is 16.3 Å². The van der Waals surface area contributed by atoms with Gasteiger partial charge in [0.05, 0.1) is 5.00 Å². The summed E-state index contributed by atoms with van der Waals surface area (Å²) in [6, 6.07) is 4.28. The molecule has 1 nitrogen and oxygen atoms in total. The first-order valence-corrected chi connectivity index (χ1v) is 4.45. The van der Waals surface area contributed by atoms with Crippen LogP contribution < -0.4 is 5.32 Å². The molecule has 0 fully saturated rings. The Morgan fingerprint density at radius 2 is 2.30 bits per heavy atom. The van der Waals surface area contributed by atoms with Crippen molar-refractivity contribution in [1.82, 2.24) is 0 Å². The van der Waals surface area contributed by atoms with E-state index in [1.807, 2.05) is 11.3 Å². The summed E-state index contributed by atoms with van der Waals surface area (Å²) in [6.45, 7) is 5.38. The van der Waals surface area contributed by atoms with Crippen LogP contribution in [0.25, 0.3) is 0 Å². The topological polar surface area (TPSA) is 12.0 Å². The van der Waals surface area contributed by atoms with E-state index in [1.165, 1.54) is 16.3 Å². The van der Waals surface area contributed by atoms with Crippen LogP contribution in [0.1, 0.15) is 18.2 Å². The van der Waals surface area contributed by atoms with Crippen LogP contribution in [0.15, 0.2) is 12.1 Å². The third-order valence-corrected chi connectivity index (χ3v) is 2.25. The first kappa shape index (κ1) is 7.61. The van der Waals surface area contributed by atoms with Crippen molar-refractivity contribution in [3.8, 4) is 0 Å². The third-order valence-electron chi connectivity index (χ3n) is 1.29. The van der Waals surface area contributed by atoms with E-state index in [2.05, 4.69) is 31.3 Å². The van der Waals surface area contributed by atoms with Crippen LogP contribution in [0.3, 0.4) is 0 Å². The second-order valence-corrected chi connectivity index (χ2v) is 3.62. The van der Waals surface area contributed by atoms with Gasteiger partial charge < -0.3 is 5.32 Å². The number of anilines is 1. The Balaban J connectivity index is 2.42. The Morgan fingerprint density at radius 1 is 1.50 bits per heavy atom. The molecule has 1 rings (SSSR count). The Kier molecular flexibility index (Phi) is 2.75. The average molecular weight is 155 g/mol. The zero-order valence-corrected chi connectivity index (χ0v) is 7.29. The molecular weight excluding hydrogens is 142 g/mol. The van der Waals surface area contributed by atoms with Crippen molar-refractivity contribution in [3.63, 3.8) is 0 Å². The molecule has 0 amide bonds. The van der Waals surface area contributed by atoms with Gasteiger partial charge in [-0.2, -0.15) is 0 Å². The van der Waals surface area contributed by atoms with Crippen molar-refractivity contribution in [2.24, 2.45) is 0 Å². The molecule has 0 aliphatic heterocycles. The molecular formula is C8H13NS. The van der Waals surface area contributed by atoms with E-state index < -0.39 is 0 Å². The molecule has 0 aromatic carbocycles. The van der Waals surface area contributed by atoms with Gasteiger partial charge in [-0.1, -0.05) is 6.92 Å². The van der Waals surface area contributed by atoms with Crippen LogP contribution in [0, 0.1) is 6.92 Å². The van der Waals surface area contributed by atoms with Crippen molar-refractivity contribution in [3.05, 3.63) is 17.0 Å². The Morgan fingerprint density at radius 3 is 2.80 bits per heavy atom. The minimum Gasteiger partial charge on any atom is -0.377 e. The first-order valence-electron chi connectivity index (χ1n) is 3.63. The first-order chi connectivity index (χ1) is 4.83. The maximum absolute atomic E-state index is 3.33. The monoisotopic (exact) mass is 155 g/mol. The summed E-state index contributed by atoms with van der Waals surface area (Å²) >= 11 is 1.82. The highest BCUT2D eigenvalue weighted by Crippen LogP contribution is 2.20. The summed E-state index contributed by atoms with van der Waals surface area (Å²) in [6.07, 6.45) is 1.19. The maximum atomic E-state index is 3.33. The van der Waals surface area contributed by atoms with Crippen molar-refractivity contribution in [1.29, 1.82) is 0 Å². The lowest BCUT2D eigenvalue weighted by atomic mass is 10.5.